The van der Waals surface area contributed by atoms with Crippen LogP contribution in [0.5, 0.6) is 0 Å². The van der Waals surface area contributed by atoms with Crippen LogP contribution in [0.1, 0.15) is 46.1 Å². The van der Waals surface area contributed by atoms with E-state index in [1.54, 1.807) is 0 Å². The number of hydrogen-bond acceptors (Lipinski definition) is 5. The van der Waals surface area contributed by atoms with E-state index in [0.29, 0.717) is 0 Å². The van der Waals surface area contributed by atoms with Crippen molar-refractivity contribution in [2.75, 3.05) is 18.0 Å². The van der Waals surface area contributed by atoms with Crippen molar-refractivity contribution in [2.24, 2.45) is 0 Å². The van der Waals surface area contributed by atoms with Gasteiger partial charge in [-0.15, -0.1) is 0 Å². The Bertz CT molecular complexity index is 426. The van der Waals surface area contributed by atoms with E-state index < -0.39 is 5.60 Å². The van der Waals surface area contributed by atoms with Crippen molar-refractivity contribution in [1.29, 1.82) is 0 Å². The van der Waals surface area contributed by atoms with Gasteiger partial charge in [0.05, 0.1) is 5.60 Å². The van der Waals surface area contributed by atoms with E-state index in [-0.39, 0.29) is 5.54 Å². The molecule has 0 atom stereocenters. The minimum Gasteiger partial charge on any atom is -0.390 e. The Hall–Kier alpha value is -1.20. The second kappa shape index (κ2) is 5.66. The summed E-state index contributed by atoms with van der Waals surface area (Å²) in [6, 6.07) is 0. The highest BCUT2D eigenvalue weighted by molar-refractivity contribution is 5.31. The quantitative estimate of drug-likeness (QED) is 0.881. The van der Waals surface area contributed by atoms with Crippen molar-refractivity contribution in [1.82, 2.24) is 15.3 Å². The zero-order valence-corrected chi connectivity index (χ0v) is 13.0. The van der Waals surface area contributed by atoms with Crippen LogP contribution in [0.3, 0.4) is 0 Å². The molecule has 0 bridgehead atoms. The number of nitrogens with zero attached hydrogens (tertiary/aromatic N) is 3. The van der Waals surface area contributed by atoms with Gasteiger partial charge in [0.15, 0.2) is 0 Å². The Kier molecular flexibility index (Phi) is 4.30. The van der Waals surface area contributed by atoms with Crippen molar-refractivity contribution in [2.45, 2.75) is 58.2 Å². The molecule has 1 aromatic heterocycles. The van der Waals surface area contributed by atoms with Crippen LogP contribution in [0.2, 0.25) is 0 Å². The lowest BCUT2D eigenvalue weighted by atomic mass is 9.94. The maximum absolute atomic E-state index is 9.95. The molecule has 20 heavy (non-hydrogen) atoms. The fourth-order valence-electron chi connectivity index (χ4n) is 2.16. The summed E-state index contributed by atoms with van der Waals surface area (Å²) in [5.41, 5.74) is 0.650. The molecule has 2 heterocycles. The lowest BCUT2D eigenvalue weighted by Crippen LogP contribution is -2.43. The molecule has 1 fully saturated rings. The summed E-state index contributed by atoms with van der Waals surface area (Å²) < 4.78 is 0. The van der Waals surface area contributed by atoms with Gasteiger partial charge in [0.1, 0.15) is 0 Å². The number of hydrogen-bond donors (Lipinski definition) is 2. The third-order valence-electron chi connectivity index (χ3n) is 3.64. The zero-order chi connectivity index (χ0) is 14.8. The Morgan fingerprint density at radius 1 is 1.25 bits per heavy atom. The van der Waals surface area contributed by atoms with Gasteiger partial charge in [0.25, 0.3) is 0 Å². The minimum atomic E-state index is -0.535. The smallest absolute Gasteiger partial charge is 0.225 e. The van der Waals surface area contributed by atoms with Gasteiger partial charge in [-0.3, -0.25) is 0 Å². The van der Waals surface area contributed by atoms with Crippen LogP contribution in [0.4, 0.5) is 5.95 Å². The SMILES string of the molecule is CC1(O)CCN(c2ncc(CNC(C)(C)C)cn2)CC1. The van der Waals surface area contributed by atoms with Gasteiger partial charge in [-0.2, -0.15) is 0 Å². The summed E-state index contributed by atoms with van der Waals surface area (Å²) >= 11 is 0. The molecular weight excluding hydrogens is 252 g/mol. The first kappa shape index (κ1) is 15.2. The van der Waals surface area contributed by atoms with Gasteiger partial charge in [0.2, 0.25) is 5.95 Å². The average molecular weight is 278 g/mol. The number of anilines is 1. The molecule has 0 radical (unpaired) electrons. The van der Waals surface area contributed by atoms with Crippen LogP contribution in [0.15, 0.2) is 12.4 Å². The maximum atomic E-state index is 9.95. The van der Waals surface area contributed by atoms with Crippen LogP contribution in [-0.4, -0.2) is 39.3 Å². The molecule has 1 aromatic rings. The lowest BCUT2D eigenvalue weighted by Gasteiger charge is -2.35. The molecule has 1 aliphatic heterocycles. The van der Waals surface area contributed by atoms with Crippen molar-refractivity contribution in [3.05, 3.63) is 18.0 Å². The first-order chi connectivity index (χ1) is 9.25. The van der Waals surface area contributed by atoms with Crippen LogP contribution in [-0.2, 0) is 6.54 Å². The second-order valence-corrected chi connectivity index (χ2v) is 6.98. The maximum Gasteiger partial charge on any atom is 0.225 e. The zero-order valence-electron chi connectivity index (χ0n) is 13.0. The van der Waals surface area contributed by atoms with Crippen LogP contribution < -0.4 is 10.2 Å². The van der Waals surface area contributed by atoms with Crippen molar-refractivity contribution < 1.29 is 5.11 Å². The van der Waals surface area contributed by atoms with Crippen molar-refractivity contribution >= 4 is 5.95 Å². The van der Waals surface area contributed by atoms with Gasteiger partial charge in [0, 0.05) is 43.1 Å². The number of aromatic nitrogens is 2. The van der Waals surface area contributed by atoms with Crippen molar-refractivity contribution in [3.8, 4) is 0 Å². The molecule has 0 amide bonds. The molecule has 0 aromatic carbocycles. The number of aliphatic hydroxyl groups is 1. The molecule has 0 spiro atoms. The molecule has 5 heteroatoms. The van der Waals surface area contributed by atoms with E-state index >= 15 is 0 Å². The Morgan fingerprint density at radius 2 is 1.80 bits per heavy atom. The molecular formula is C15H26N4O. The summed E-state index contributed by atoms with van der Waals surface area (Å²) in [5, 5.41) is 13.4. The summed E-state index contributed by atoms with van der Waals surface area (Å²) in [6.45, 7) is 10.7. The van der Waals surface area contributed by atoms with E-state index in [2.05, 4.69) is 41.0 Å². The molecule has 2 N–H and O–H groups in total. The summed E-state index contributed by atoms with van der Waals surface area (Å²) in [5.74, 6) is 0.764. The average Bonchev–Trinajstić information content (AvgIpc) is 2.36. The Labute approximate surface area is 121 Å². The standard InChI is InChI=1S/C15H26N4O/c1-14(2,3)18-11-12-9-16-13(17-10-12)19-7-5-15(4,20)6-8-19/h9-10,18,20H,5-8,11H2,1-4H3. The predicted octanol–water partition coefficient (Wildman–Crippen LogP) is 1.72. The molecule has 112 valence electrons. The van der Waals surface area contributed by atoms with Gasteiger partial charge in [-0.25, -0.2) is 9.97 Å². The molecule has 0 unspecified atom stereocenters. The topological polar surface area (TPSA) is 61.3 Å². The monoisotopic (exact) mass is 278 g/mol. The number of piperidine rings is 1. The van der Waals surface area contributed by atoms with Crippen molar-refractivity contribution in [3.63, 3.8) is 0 Å². The summed E-state index contributed by atoms with van der Waals surface area (Å²) in [6.07, 6.45) is 5.30. The fourth-order valence-corrected chi connectivity index (χ4v) is 2.16. The minimum absolute atomic E-state index is 0.0944. The van der Waals surface area contributed by atoms with Gasteiger partial charge >= 0.3 is 0 Å². The first-order valence-electron chi connectivity index (χ1n) is 7.28. The van der Waals surface area contributed by atoms with E-state index in [1.807, 2.05) is 19.3 Å². The molecule has 1 saturated heterocycles. The predicted molar refractivity (Wildman–Crippen MR) is 80.7 cm³/mol. The normalized spacial score (nSPS) is 19.1. The van der Waals surface area contributed by atoms with E-state index in [1.165, 1.54) is 0 Å². The van der Waals surface area contributed by atoms with Gasteiger partial charge in [-0.05, 0) is 40.5 Å². The third-order valence-corrected chi connectivity index (χ3v) is 3.64. The summed E-state index contributed by atoms with van der Waals surface area (Å²) in [7, 11) is 0. The molecule has 2 rings (SSSR count). The summed E-state index contributed by atoms with van der Waals surface area (Å²) in [4.78, 5) is 11.0. The number of nitrogens with one attached hydrogen (secondary N) is 1. The highest BCUT2D eigenvalue weighted by atomic mass is 16.3. The first-order valence-corrected chi connectivity index (χ1v) is 7.28. The molecule has 0 aliphatic carbocycles. The Morgan fingerprint density at radius 3 is 2.30 bits per heavy atom. The lowest BCUT2D eigenvalue weighted by molar-refractivity contribution is 0.0349. The van der Waals surface area contributed by atoms with Crippen LogP contribution in [0, 0.1) is 0 Å². The highest BCUT2D eigenvalue weighted by Crippen LogP contribution is 2.23. The molecule has 0 saturated carbocycles. The van der Waals surface area contributed by atoms with Gasteiger partial charge in [-0.1, -0.05) is 0 Å². The van der Waals surface area contributed by atoms with E-state index in [0.717, 1.165) is 44.0 Å². The largest absolute Gasteiger partial charge is 0.390 e. The Balaban J connectivity index is 1.92. The molecule has 5 nitrogen and oxygen atoms in total. The second-order valence-electron chi connectivity index (χ2n) is 6.98. The fraction of sp³-hybridized carbons (Fsp3) is 0.733. The number of rotatable bonds is 3. The van der Waals surface area contributed by atoms with Gasteiger partial charge < -0.3 is 15.3 Å². The third kappa shape index (κ3) is 4.42. The van der Waals surface area contributed by atoms with Crippen LogP contribution >= 0.6 is 0 Å². The van der Waals surface area contributed by atoms with Crippen LogP contribution in [0.25, 0.3) is 0 Å². The van der Waals surface area contributed by atoms with E-state index in [9.17, 15) is 5.11 Å². The van der Waals surface area contributed by atoms with E-state index in [4.69, 9.17) is 0 Å². The highest BCUT2D eigenvalue weighted by Gasteiger charge is 2.28. The molecule has 1 aliphatic rings.